The van der Waals surface area contributed by atoms with Gasteiger partial charge in [0.15, 0.2) is 6.61 Å². The SMILES string of the molecule is Cc1nc2ccccc2c(=O)n1CCCOC(=O)COc1ccc(Cl)cc1. The molecule has 0 saturated carbocycles. The van der Waals surface area contributed by atoms with Crippen molar-refractivity contribution in [1.29, 1.82) is 0 Å². The second-order valence-corrected chi connectivity index (χ2v) is 6.39. The zero-order chi connectivity index (χ0) is 19.2. The largest absolute Gasteiger partial charge is 0.482 e. The number of rotatable bonds is 7. The normalized spacial score (nSPS) is 10.7. The van der Waals surface area contributed by atoms with Crippen molar-refractivity contribution in [1.82, 2.24) is 9.55 Å². The van der Waals surface area contributed by atoms with Crippen molar-refractivity contribution in [3.05, 3.63) is 69.7 Å². The van der Waals surface area contributed by atoms with Gasteiger partial charge in [0.25, 0.3) is 5.56 Å². The molecule has 0 bridgehead atoms. The molecular formula is C20H19ClN2O4. The molecule has 2 aromatic carbocycles. The van der Waals surface area contributed by atoms with Crippen molar-refractivity contribution in [2.75, 3.05) is 13.2 Å². The van der Waals surface area contributed by atoms with Crippen LogP contribution in [0.25, 0.3) is 10.9 Å². The van der Waals surface area contributed by atoms with Gasteiger partial charge in [-0.3, -0.25) is 9.36 Å². The Morgan fingerprint density at radius 3 is 2.67 bits per heavy atom. The summed E-state index contributed by atoms with van der Waals surface area (Å²) in [6.07, 6.45) is 0.507. The third kappa shape index (κ3) is 4.86. The van der Waals surface area contributed by atoms with Crippen molar-refractivity contribution in [3.8, 4) is 5.75 Å². The minimum Gasteiger partial charge on any atom is -0.482 e. The van der Waals surface area contributed by atoms with Crippen LogP contribution >= 0.6 is 11.6 Å². The minimum absolute atomic E-state index is 0.0875. The number of carbonyl (C=O) groups is 1. The third-order valence-corrected chi connectivity index (χ3v) is 4.26. The molecule has 0 aliphatic rings. The number of carbonyl (C=O) groups excluding carboxylic acids is 1. The van der Waals surface area contributed by atoms with Crippen molar-refractivity contribution >= 4 is 28.5 Å². The van der Waals surface area contributed by atoms with Crippen molar-refractivity contribution < 1.29 is 14.3 Å². The molecule has 0 unspecified atom stereocenters. The van der Waals surface area contributed by atoms with Gasteiger partial charge in [0, 0.05) is 11.6 Å². The summed E-state index contributed by atoms with van der Waals surface area (Å²) in [4.78, 5) is 28.7. The summed E-state index contributed by atoms with van der Waals surface area (Å²) in [6.45, 7) is 2.23. The Kier molecular flexibility index (Phi) is 6.08. The molecule has 0 aliphatic carbocycles. The Morgan fingerprint density at radius 2 is 1.89 bits per heavy atom. The lowest BCUT2D eigenvalue weighted by molar-refractivity contribution is -0.146. The number of fused-ring (bicyclic) bond motifs is 1. The summed E-state index contributed by atoms with van der Waals surface area (Å²) in [5.41, 5.74) is 0.595. The molecule has 1 heterocycles. The number of aromatic nitrogens is 2. The smallest absolute Gasteiger partial charge is 0.344 e. The van der Waals surface area contributed by atoms with Crippen LogP contribution in [-0.2, 0) is 16.1 Å². The first-order valence-corrected chi connectivity index (χ1v) is 8.92. The van der Waals surface area contributed by atoms with Gasteiger partial charge in [-0.25, -0.2) is 9.78 Å². The van der Waals surface area contributed by atoms with Crippen LogP contribution < -0.4 is 10.3 Å². The number of esters is 1. The summed E-state index contributed by atoms with van der Waals surface area (Å²) < 4.78 is 12.1. The average molecular weight is 387 g/mol. The molecule has 1 aromatic heterocycles. The van der Waals surface area contributed by atoms with Crippen molar-refractivity contribution in [2.45, 2.75) is 19.9 Å². The fourth-order valence-corrected chi connectivity index (χ4v) is 2.79. The molecule has 140 valence electrons. The number of benzene rings is 2. The number of hydrogen-bond donors (Lipinski definition) is 0. The molecule has 0 radical (unpaired) electrons. The number of nitrogens with zero attached hydrogens (tertiary/aromatic N) is 2. The van der Waals surface area contributed by atoms with Gasteiger partial charge in [-0.05, 0) is 49.7 Å². The highest BCUT2D eigenvalue weighted by molar-refractivity contribution is 6.30. The van der Waals surface area contributed by atoms with Crippen molar-refractivity contribution in [2.24, 2.45) is 0 Å². The number of halogens is 1. The molecule has 0 amide bonds. The van der Waals surface area contributed by atoms with Crippen LogP contribution in [0.2, 0.25) is 5.02 Å². The monoisotopic (exact) mass is 386 g/mol. The Morgan fingerprint density at radius 1 is 1.15 bits per heavy atom. The van der Waals surface area contributed by atoms with E-state index in [4.69, 9.17) is 21.1 Å². The molecule has 0 saturated heterocycles. The Balaban J connectivity index is 1.48. The molecule has 27 heavy (non-hydrogen) atoms. The van der Waals surface area contributed by atoms with E-state index in [9.17, 15) is 9.59 Å². The first-order valence-electron chi connectivity index (χ1n) is 8.55. The van der Waals surface area contributed by atoms with Gasteiger partial charge < -0.3 is 9.47 Å². The fraction of sp³-hybridized carbons (Fsp3) is 0.250. The lowest BCUT2D eigenvalue weighted by Gasteiger charge is -2.11. The van der Waals surface area contributed by atoms with E-state index in [1.165, 1.54) is 0 Å². The zero-order valence-corrected chi connectivity index (χ0v) is 15.6. The van der Waals surface area contributed by atoms with Crippen LogP contribution in [0.4, 0.5) is 0 Å². The van der Waals surface area contributed by atoms with Gasteiger partial charge in [0.1, 0.15) is 11.6 Å². The topological polar surface area (TPSA) is 70.4 Å². The van der Waals surface area contributed by atoms with E-state index >= 15 is 0 Å². The summed E-state index contributed by atoms with van der Waals surface area (Å²) in [6, 6.07) is 14.0. The van der Waals surface area contributed by atoms with Gasteiger partial charge in [-0.2, -0.15) is 0 Å². The van der Waals surface area contributed by atoms with E-state index in [1.807, 2.05) is 18.2 Å². The highest BCUT2D eigenvalue weighted by Crippen LogP contribution is 2.15. The van der Waals surface area contributed by atoms with Crippen LogP contribution in [0, 0.1) is 6.92 Å². The second kappa shape index (κ2) is 8.68. The number of para-hydroxylation sites is 1. The molecule has 0 atom stereocenters. The lowest BCUT2D eigenvalue weighted by Crippen LogP contribution is -2.25. The fourth-order valence-electron chi connectivity index (χ4n) is 2.67. The summed E-state index contributed by atoms with van der Waals surface area (Å²) in [7, 11) is 0. The number of hydrogen-bond acceptors (Lipinski definition) is 5. The molecule has 6 nitrogen and oxygen atoms in total. The van der Waals surface area contributed by atoms with E-state index in [1.54, 1.807) is 41.8 Å². The number of ether oxygens (including phenoxy) is 2. The maximum Gasteiger partial charge on any atom is 0.344 e. The van der Waals surface area contributed by atoms with E-state index in [0.717, 1.165) is 0 Å². The molecule has 0 N–H and O–H groups in total. The van der Waals surface area contributed by atoms with Gasteiger partial charge in [0.05, 0.1) is 17.5 Å². The highest BCUT2D eigenvalue weighted by atomic mass is 35.5. The predicted molar refractivity (Wildman–Crippen MR) is 103 cm³/mol. The lowest BCUT2D eigenvalue weighted by atomic mass is 10.2. The molecule has 3 aromatic rings. The van der Waals surface area contributed by atoms with E-state index in [-0.39, 0.29) is 18.8 Å². The van der Waals surface area contributed by atoms with E-state index in [0.29, 0.717) is 40.5 Å². The maximum atomic E-state index is 12.5. The first-order chi connectivity index (χ1) is 13.0. The third-order valence-electron chi connectivity index (χ3n) is 4.01. The zero-order valence-electron chi connectivity index (χ0n) is 14.9. The van der Waals surface area contributed by atoms with Crippen molar-refractivity contribution in [3.63, 3.8) is 0 Å². The Hall–Kier alpha value is -2.86. The van der Waals surface area contributed by atoms with Gasteiger partial charge >= 0.3 is 5.97 Å². The van der Waals surface area contributed by atoms with Crippen LogP contribution in [0.1, 0.15) is 12.2 Å². The summed E-state index contributed by atoms with van der Waals surface area (Å²) >= 11 is 5.79. The predicted octanol–water partition coefficient (Wildman–Crippen LogP) is 3.37. The summed E-state index contributed by atoms with van der Waals surface area (Å²) in [5, 5.41) is 1.18. The molecule has 0 aliphatic heterocycles. The van der Waals surface area contributed by atoms with Gasteiger partial charge in [-0.15, -0.1) is 0 Å². The second-order valence-electron chi connectivity index (χ2n) is 5.95. The van der Waals surface area contributed by atoms with Gasteiger partial charge in [-0.1, -0.05) is 23.7 Å². The average Bonchev–Trinajstić information content (AvgIpc) is 2.67. The maximum absolute atomic E-state index is 12.5. The molecule has 7 heteroatoms. The van der Waals surface area contributed by atoms with Gasteiger partial charge in [0.2, 0.25) is 0 Å². The quantitative estimate of drug-likeness (QED) is 0.460. The van der Waals surface area contributed by atoms with E-state index < -0.39 is 5.97 Å². The Bertz CT molecular complexity index is 999. The van der Waals surface area contributed by atoms with Crippen LogP contribution in [0.15, 0.2) is 53.3 Å². The molecule has 0 spiro atoms. The standard InChI is InChI=1S/C20H19ClN2O4/c1-14-22-18-6-3-2-5-17(18)20(25)23(14)11-4-12-26-19(24)13-27-16-9-7-15(21)8-10-16/h2-3,5-10H,4,11-13H2,1H3. The highest BCUT2D eigenvalue weighted by Gasteiger charge is 2.08. The Labute approximate surface area is 161 Å². The van der Waals surface area contributed by atoms with Crippen LogP contribution in [-0.4, -0.2) is 28.7 Å². The summed E-state index contributed by atoms with van der Waals surface area (Å²) in [5.74, 6) is 0.711. The first kappa shape index (κ1) is 18.9. The van der Waals surface area contributed by atoms with E-state index in [2.05, 4.69) is 4.98 Å². The van der Waals surface area contributed by atoms with Crippen LogP contribution in [0.5, 0.6) is 5.75 Å². The molecule has 3 rings (SSSR count). The molecular weight excluding hydrogens is 368 g/mol. The minimum atomic E-state index is -0.467. The molecule has 0 fully saturated rings. The van der Waals surface area contributed by atoms with Crippen LogP contribution in [0.3, 0.4) is 0 Å². The number of aryl methyl sites for hydroxylation is 1.